The van der Waals surface area contributed by atoms with Gasteiger partial charge in [-0.1, -0.05) is 0 Å². The van der Waals surface area contributed by atoms with Gasteiger partial charge < -0.3 is 10.2 Å². The van der Waals surface area contributed by atoms with Crippen molar-refractivity contribution in [3.8, 4) is 0 Å². The Morgan fingerprint density at radius 3 is 2.53 bits per heavy atom. The van der Waals surface area contributed by atoms with Crippen LogP contribution in [0.1, 0.15) is 10.4 Å². The Hall–Kier alpha value is -2.17. The molecule has 0 atom stereocenters. The largest absolute Gasteiger partial charge is 0.478 e. The van der Waals surface area contributed by atoms with Crippen LogP contribution in [0.25, 0.3) is 5.57 Å². The van der Waals surface area contributed by atoms with Gasteiger partial charge in [-0.15, -0.1) is 0 Å². The van der Waals surface area contributed by atoms with Crippen LogP contribution in [0.5, 0.6) is 0 Å². The number of rotatable bonds is 2. The number of nitrogens with zero attached hydrogens (tertiary/aromatic N) is 1. The van der Waals surface area contributed by atoms with Crippen molar-refractivity contribution < 1.29 is 19.8 Å². The molecule has 1 aromatic carbocycles. The van der Waals surface area contributed by atoms with Gasteiger partial charge in [0.25, 0.3) is 0 Å². The van der Waals surface area contributed by atoms with Gasteiger partial charge in [-0.25, -0.2) is 9.59 Å². The van der Waals surface area contributed by atoms with Gasteiger partial charge in [-0.2, -0.15) is 0 Å². The lowest BCUT2D eigenvalue weighted by molar-refractivity contribution is -0.130. The van der Waals surface area contributed by atoms with Crippen LogP contribution in [-0.4, -0.2) is 28.7 Å². The molecule has 0 aliphatic carbocycles. The van der Waals surface area contributed by atoms with Gasteiger partial charge in [0.2, 0.25) is 0 Å². The third kappa shape index (κ3) is 1.48. The number of hydrogen-bond acceptors (Lipinski definition) is 3. The zero-order chi connectivity index (χ0) is 11.0. The fourth-order valence-corrected chi connectivity index (χ4v) is 1.48. The number of carboxylic acids is 2. The minimum absolute atomic E-state index is 0.0737. The molecule has 5 heteroatoms. The lowest BCUT2D eigenvalue weighted by atomic mass is 10.1. The van der Waals surface area contributed by atoms with Crippen LogP contribution in [0.2, 0.25) is 0 Å². The summed E-state index contributed by atoms with van der Waals surface area (Å²) in [5, 5.41) is 18.5. The molecule has 2 N–H and O–H groups in total. The highest BCUT2D eigenvalue weighted by Gasteiger charge is 2.14. The Morgan fingerprint density at radius 2 is 1.93 bits per heavy atom. The second kappa shape index (κ2) is 3.20. The molecule has 15 heavy (non-hydrogen) atoms. The Kier molecular flexibility index (Phi) is 2.00. The van der Waals surface area contributed by atoms with E-state index in [0.29, 0.717) is 10.6 Å². The predicted molar refractivity (Wildman–Crippen MR) is 50.1 cm³/mol. The van der Waals surface area contributed by atoms with Gasteiger partial charge in [0.05, 0.1) is 23.0 Å². The molecule has 1 heterocycles. The fourth-order valence-electron chi connectivity index (χ4n) is 1.48. The molecule has 0 fully saturated rings. The van der Waals surface area contributed by atoms with E-state index in [-0.39, 0.29) is 17.7 Å². The van der Waals surface area contributed by atoms with E-state index in [4.69, 9.17) is 10.2 Å². The lowest BCUT2D eigenvalue weighted by Gasteiger charge is -1.93. The van der Waals surface area contributed by atoms with E-state index in [0.717, 1.165) is 0 Å². The molecule has 76 valence electrons. The molecule has 0 bridgehead atoms. The van der Waals surface area contributed by atoms with E-state index in [1.54, 1.807) is 0 Å². The van der Waals surface area contributed by atoms with Crippen molar-refractivity contribution in [2.75, 3.05) is 6.54 Å². The van der Waals surface area contributed by atoms with Crippen molar-refractivity contribution in [1.29, 1.82) is 0 Å². The van der Waals surface area contributed by atoms with E-state index in [9.17, 15) is 9.59 Å². The molecule has 0 spiro atoms. The summed E-state index contributed by atoms with van der Waals surface area (Å²) in [6.45, 7) is 0.105. The van der Waals surface area contributed by atoms with Gasteiger partial charge >= 0.3 is 11.9 Å². The molecule has 1 aliphatic rings. The Labute approximate surface area is 84.0 Å². The summed E-state index contributed by atoms with van der Waals surface area (Å²) in [7, 11) is 0. The molecule has 0 amide bonds. The Bertz CT molecular complexity index is 574. The third-order valence-electron chi connectivity index (χ3n) is 2.23. The third-order valence-corrected chi connectivity index (χ3v) is 2.23. The monoisotopic (exact) mass is 205 g/mol. The Balaban J connectivity index is 2.76. The maximum Gasteiger partial charge on any atom is 0.335 e. The minimum atomic E-state index is -1.07. The topological polar surface area (TPSA) is 87.0 Å². The zero-order valence-corrected chi connectivity index (χ0v) is 7.60. The number of carboxylic acid groups (broad SMARTS) is 2. The molecule has 2 rings (SSSR count). The van der Waals surface area contributed by atoms with Crippen molar-refractivity contribution in [3.05, 3.63) is 34.3 Å². The van der Waals surface area contributed by atoms with Crippen LogP contribution >= 0.6 is 0 Å². The number of aliphatic carboxylic acids is 1. The van der Waals surface area contributed by atoms with Crippen LogP contribution in [0.15, 0.2) is 23.2 Å². The summed E-state index contributed by atoms with van der Waals surface area (Å²) >= 11 is 0. The highest BCUT2D eigenvalue weighted by molar-refractivity contribution is 6.09. The van der Waals surface area contributed by atoms with Crippen LogP contribution in [0, 0.1) is 0 Å². The summed E-state index contributed by atoms with van der Waals surface area (Å²) in [4.78, 5) is 25.5. The van der Waals surface area contributed by atoms with Crippen molar-refractivity contribution in [1.82, 2.24) is 0 Å². The smallest absolute Gasteiger partial charge is 0.335 e. The average Bonchev–Trinajstić information content (AvgIpc) is 2.59. The zero-order valence-electron chi connectivity index (χ0n) is 7.60. The predicted octanol–water partition coefficient (Wildman–Crippen LogP) is -0.747. The molecule has 0 saturated heterocycles. The number of fused-ring (bicyclic) bond motifs is 1. The minimum Gasteiger partial charge on any atom is -0.478 e. The number of benzene rings is 1. The van der Waals surface area contributed by atoms with Gasteiger partial charge in [0.15, 0.2) is 0 Å². The second-order valence-corrected chi connectivity index (χ2v) is 3.14. The van der Waals surface area contributed by atoms with Crippen molar-refractivity contribution in [2.45, 2.75) is 0 Å². The summed E-state index contributed by atoms with van der Waals surface area (Å²) in [5.74, 6) is -2.13. The average molecular weight is 205 g/mol. The van der Waals surface area contributed by atoms with E-state index >= 15 is 0 Å². The number of aromatic carboxylic acids is 1. The van der Waals surface area contributed by atoms with Gasteiger partial charge in [-0.3, -0.25) is 4.99 Å². The molecule has 0 aromatic heterocycles. The van der Waals surface area contributed by atoms with Crippen LogP contribution in [-0.2, 0) is 4.79 Å². The van der Waals surface area contributed by atoms with Crippen LogP contribution in [0.4, 0.5) is 0 Å². The first-order valence-corrected chi connectivity index (χ1v) is 4.24. The maximum absolute atomic E-state index is 10.8. The van der Waals surface area contributed by atoms with E-state index < -0.39 is 11.9 Å². The molecular formula is C10H7NO4. The molecule has 1 aliphatic heterocycles. The maximum atomic E-state index is 10.8. The van der Waals surface area contributed by atoms with E-state index in [1.807, 2.05) is 0 Å². The molecule has 1 aromatic rings. The van der Waals surface area contributed by atoms with Gasteiger partial charge in [-0.05, 0) is 18.2 Å². The van der Waals surface area contributed by atoms with Crippen molar-refractivity contribution in [2.24, 2.45) is 4.99 Å². The summed E-state index contributed by atoms with van der Waals surface area (Å²) in [6.07, 6.45) is 0. The second-order valence-electron chi connectivity index (χ2n) is 3.14. The summed E-state index contributed by atoms with van der Waals surface area (Å²) in [6, 6.07) is 4.28. The molecule has 0 saturated carbocycles. The SMILES string of the molecule is O=C(O)C1=c2cc(C(=O)O)ccc2=NC1. The quantitative estimate of drug-likeness (QED) is 0.665. The number of carbonyl (C=O) groups is 2. The van der Waals surface area contributed by atoms with Crippen molar-refractivity contribution in [3.63, 3.8) is 0 Å². The highest BCUT2D eigenvalue weighted by atomic mass is 16.4. The standard InChI is InChI=1S/C10H7NO4/c12-9(13)5-1-2-8-6(3-5)7(4-11-8)10(14)15/h1-3H,4H2,(H,12,13)(H,14,15). The first-order valence-electron chi connectivity index (χ1n) is 4.24. The van der Waals surface area contributed by atoms with Crippen LogP contribution < -0.4 is 10.6 Å². The van der Waals surface area contributed by atoms with Crippen molar-refractivity contribution >= 4 is 17.5 Å². The van der Waals surface area contributed by atoms with E-state index in [1.165, 1.54) is 18.2 Å². The first kappa shape index (κ1) is 9.39. The number of hydrogen-bond donors (Lipinski definition) is 2. The summed E-state index contributed by atoms with van der Waals surface area (Å²) in [5.41, 5.74) is 0.220. The molecule has 0 unspecified atom stereocenters. The molecule has 0 radical (unpaired) electrons. The van der Waals surface area contributed by atoms with Gasteiger partial charge in [0.1, 0.15) is 0 Å². The first-order chi connectivity index (χ1) is 7.09. The van der Waals surface area contributed by atoms with Crippen LogP contribution in [0.3, 0.4) is 0 Å². The summed E-state index contributed by atoms with van der Waals surface area (Å²) < 4.78 is 0. The lowest BCUT2D eigenvalue weighted by Crippen LogP contribution is -2.26. The highest BCUT2D eigenvalue weighted by Crippen LogP contribution is 2.00. The fraction of sp³-hybridized carbons (Fsp3) is 0.100. The molecule has 5 nitrogen and oxygen atoms in total. The van der Waals surface area contributed by atoms with E-state index in [2.05, 4.69) is 4.99 Å². The van der Waals surface area contributed by atoms with Gasteiger partial charge in [0, 0.05) is 5.22 Å². The Morgan fingerprint density at radius 1 is 1.20 bits per heavy atom. The normalized spacial score (nSPS) is 13.2. The molecular weight excluding hydrogens is 198 g/mol.